The van der Waals surface area contributed by atoms with Crippen LogP contribution in [0.3, 0.4) is 0 Å². The number of carbonyl (C=O) groups is 1. The summed E-state index contributed by atoms with van der Waals surface area (Å²) in [5.41, 5.74) is 1.52. The Morgan fingerprint density at radius 2 is 1.95 bits per heavy atom. The van der Waals surface area contributed by atoms with Gasteiger partial charge in [-0.25, -0.2) is 4.39 Å². The van der Waals surface area contributed by atoms with E-state index in [1.165, 1.54) is 17.8 Å². The number of hydrogen-bond acceptors (Lipinski definition) is 6. The van der Waals surface area contributed by atoms with Gasteiger partial charge >= 0.3 is 0 Å². The predicted molar refractivity (Wildman–Crippen MR) is 168 cm³/mol. The average molecular weight is 595 g/mol. The van der Waals surface area contributed by atoms with Crippen molar-refractivity contribution in [3.63, 3.8) is 0 Å². The molecule has 3 aromatic carbocycles. The maximum absolute atomic E-state index is 15.8. The number of aryl methyl sites for hydroxylation is 1. The van der Waals surface area contributed by atoms with E-state index in [0.717, 1.165) is 42.3 Å². The predicted octanol–water partition coefficient (Wildman–Crippen LogP) is 6.33. The molecule has 9 heteroatoms. The van der Waals surface area contributed by atoms with Gasteiger partial charge in [0.15, 0.2) is 11.5 Å². The Morgan fingerprint density at radius 3 is 2.72 bits per heavy atom. The molecule has 0 radical (unpaired) electrons. The number of aromatic nitrogens is 2. The van der Waals surface area contributed by atoms with Crippen LogP contribution in [0.25, 0.3) is 27.4 Å². The highest BCUT2D eigenvalue weighted by atomic mass is 32.2. The molecule has 0 saturated carbocycles. The lowest BCUT2D eigenvalue weighted by molar-refractivity contribution is 0.0949. The zero-order chi connectivity index (χ0) is 29.5. The molecule has 0 spiro atoms. The zero-order valence-corrected chi connectivity index (χ0v) is 24.6. The summed E-state index contributed by atoms with van der Waals surface area (Å²) < 4.78 is 24.1. The van der Waals surface area contributed by atoms with Gasteiger partial charge in [0, 0.05) is 36.4 Å². The Balaban J connectivity index is 1.30. The number of likely N-dealkylation sites (tertiary alicyclic amines) is 1. The van der Waals surface area contributed by atoms with Gasteiger partial charge in [0.25, 0.3) is 5.91 Å². The van der Waals surface area contributed by atoms with Crippen LogP contribution in [0, 0.1) is 5.82 Å². The van der Waals surface area contributed by atoms with Crippen molar-refractivity contribution in [2.24, 2.45) is 0 Å². The van der Waals surface area contributed by atoms with Crippen LogP contribution in [-0.4, -0.2) is 52.3 Å². The molecular formula is C34H31FN4O3S. The van der Waals surface area contributed by atoms with Crippen molar-refractivity contribution in [3.05, 3.63) is 100 Å². The molecule has 7 rings (SSSR count). The highest BCUT2D eigenvalue weighted by molar-refractivity contribution is 7.99. The van der Waals surface area contributed by atoms with E-state index in [1.54, 1.807) is 12.4 Å². The molecule has 2 aliphatic rings. The molecule has 1 fully saturated rings. The normalized spacial score (nSPS) is 15.9. The second-order valence-electron chi connectivity index (χ2n) is 11.2. The van der Waals surface area contributed by atoms with Gasteiger partial charge in [-0.15, -0.1) is 11.8 Å². The minimum absolute atomic E-state index is 0.0193. The molecule has 5 aromatic rings. The van der Waals surface area contributed by atoms with Crippen molar-refractivity contribution < 1.29 is 13.9 Å². The Hall–Kier alpha value is -4.21. The number of carbonyl (C=O) groups excluding carboxylic acids is 1. The van der Waals surface area contributed by atoms with Crippen LogP contribution in [0.1, 0.15) is 35.3 Å². The third-order valence-corrected chi connectivity index (χ3v) is 9.54. The lowest BCUT2D eigenvalue weighted by Crippen LogP contribution is -2.34. The third-order valence-electron chi connectivity index (χ3n) is 8.46. The van der Waals surface area contributed by atoms with E-state index in [9.17, 15) is 9.59 Å². The van der Waals surface area contributed by atoms with Gasteiger partial charge in [0.1, 0.15) is 16.9 Å². The number of benzene rings is 3. The molecule has 2 aliphatic heterocycles. The first-order valence-electron chi connectivity index (χ1n) is 14.6. The van der Waals surface area contributed by atoms with E-state index >= 15 is 4.39 Å². The molecule has 0 bridgehead atoms. The minimum atomic E-state index is -0.553. The number of hydrogen-bond donors (Lipinski definition) is 1. The maximum Gasteiger partial charge on any atom is 0.256 e. The topological polar surface area (TPSA) is 76.5 Å². The summed E-state index contributed by atoms with van der Waals surface area (Å²) >= 11 is 1.33. The van der Waals surface area contributed by atoms with Gasteiger partial charge in [-0.3, -0.25) is 14.6 Å². The van der Waals surface area contributed by atoms with Crippen LogP contribution in [0.15, 0.2) is 82.7 Å². The lowest BCUT2D eigenvalue weighted by Gasteiger charge is -2.26. The van der Waals surface area contributed by atoms with E-state index in [2.05, 4.69) is 22.2 Å². The van der Waals surface area contributed by atoms with Crippen LogP contribution in [-0.2, 0) is 6.42 Å². The first kappa shape index (κ1) is 27.6. The molecule has 7 nitrogen and oxygen atoms in total. The molecule has 218 valence electrons. The number of rotatable bonds is 8. The summed E-state index contributed by atoms with van der Waals surface area (Å²) in [5.74, 6) is 0.381. The average Bonchev–Trinajstić information content (AvgIpc) is 3.43. The number of halogens is 1. The summed E-state index contributed by atoms with van der Waals surface area (Å²) in [4.78, 5) is 34.2. The molecule has 1 saturated heterocycles. The fourth-order valence-corrected chi connectivity index (χ4v) is 7.15. The minimum Gasteiger partial charge on any atom is -0.452 e. The van der Waals surface area contributed by atoms with Crippen molar-refractivity contribution in [1.82, 2.24) is 19.8 Å². The van der Waals surface area contributed by atoms with Gasteiger partial charge in [-0.1, -0.05) is 30.3 Å². The maximum atomic E-state index is 15.8. The summed E-state index contributed by atoms with van der Waals surface area (Å²) in [6.45, 7) is 1.52. The molecule has 0 aliphatic carbocycles. The standard InChI is InChI=1S/C34H31FN4O3S/c1-38-15-6-10-24(38)11-14-37-34(41)26-20-39-28-17-21-7-2-3-8-22(21)18-29(28)42-32-30(39)25(31(26)40)19-27(35)33(32)43-16-12-23-9-4-5-13-36-23/h2-5,7-9,13,17-20,24H,6,10-12,14-16H2,1H3,(H,37,41). The number of pyridine rings is 2. The molecule has 4 heterocycles. The quantitative estimate of drug-likeness (QED) is 0.208. The number of fused-ring (bicyclic) bond motifs is 3. The van der Waals surface area contributed by atoms with Crippen molar-refractivity contribution in [2.45, 2.75) is 36.6 Å². The Labute approximate surface area is 252 Å². The van der Waals surface area contributed by atoms with Crippen molar-refractivity contribution in [3.8, 4) is 17.2 Å². The molecule has 1 unspecified atom stereocenters. The summed E-state index contributed by atoms with van der Waals surface area (Å²) in [6, 6.07) is 19.2. The monoisotopic (exact) mass is 594 g/mol. The van der Waals surface area contributed by atoms with E-state index in [-0.39, 0.29) is 16.7 Å². The molecule has 43 heavy (non-hydrogen) atoms. The Bertz CT molecular complexity index is 1930. The molecule has 1 N–H and O–H groups in total. The number of thioether (sulfide) groups is 1. The summed E-state index contributed by atoms with van der Waals surface area (Å²) in [5, 5.41) is 5.01. The van der Waals surface area contributed by atoms with Gasteiger partial charge < -0.3 is 19.5 Å². The number of ether oxygens (including phenoxy) is 1. The second-order valence-corrected chi connectivity index (χ2v) is 12.3. The van der Waals surface area contributed by atoms with Crippen LogP contribution in [0.5, 0.6) is 11.5 Å². The lowest BCUT2D eigenvalue weighted by atomic mass is 10.0. The van der Waals surface area contributed by atoms with Crippen LogP contribution < -0.4 is 15.5 Å². The van der Waals surface area contributed by atoms with Crippen LogP contribution in [0.2, 0.25) is 0 Å². The number of nitrogens with one attached hydrogen (secondary N) is 1. The van der Waals surface area contributed by atoms with Gasteiger partial charge in [-0.05, 0) is 80.4 Å². The second kappa shape index (κ2) is 11.5. The van der Waals surface area contributed by atoms with Crippen molar-refractivity contribution in [1.29, 1.82) is 0 Å². The van der Waals surface area contributed by atoms with Crippen LogP contribution >= 0.6 is 11.8 Å². The van der Waals surface area contributed by atoms with E-state index in [1.807, 2.05) is 59.2 Å². The molecular weight excluding hydrogens is 563 g/mol. The first-order chi connectivity index (χ1) is 21.0. The fourth-order valence-electron chi connectivity index (χ4n) is 6.17. The molecule has 2 aromatic heterocycles. The van der Waals surface area contributed by atoms with Crippen molar-refractivity contribution in [2.75, 3.05) is 25.9 Å². The van der Waals surface area contributed by atoms with E-state index in [4.69, 9.17) is 4.74 Å². The number of amides is 1. The highest BCUT2D eigenvalue weighted by Gasteiger charge is 2.29. The number of nitrogens with zero attached hydrogens (tertiary/aromatic N) is 3. The van der Waals surface area contributed by atoms with Crippen molar-refractivity contribution >= 4 is 39.3 Å². The molecule has 1 amide bonds. The van der Waals surface area contributed by atoms with Gasteiger partial charge in [0.2, 0.25) is 5.43 Å². The first-order valence-corrected chi connectivity index (χ1v) is 15.6. The Morgan fingerprint density at radius 1 is 1.14 bits per heavy atom. The van der Waals surface area contributed by atoms with Gasteiger partial charge in [0.05, 0.1) is 16.0 Å². The highest BCUT2D eigenvalue weighted by Crippen LogP contribution is 2.47. The summed E-state index contributed by atoms with van der Waals surface area (Å²) in [6.07, 6.45) is 7.03. The zero-order valence-electron chi connectivity index (χ0n) is 23.8. The summed E-state index contributed by atoms with van der Waals surface area (Å²) in [7, 11) is 2.10. The molecule has 1 atom stereocenters. The fraction of sp³-hybridized carbons (Fsp3) is 0.265. The van der Waals surface area contributed by atoms with Crippen LogP contribution in [0.4, 0.5) is 4.39 Å². The largest absolute Gasteiger partial charge is 0.452 e. The Kier molecular flexibility index (Phi) is 7.36. The smallest absolute Gasteiger partial charge is 0.256 e. The third kappa shape index (κ3) is 5.17. The van der Waals surface area contributed by atoms with E-state index in [0.29, 0.717) is 46.6 Å². The van der Waals surface area contributed by atoms with E-state index < -0.39 is 17.2 Å². The SMILES string of the molecule is CN1CCCC1CCNC(=O)c1cn2c3c(c(SCCc4ccccn4)c(F)cc3c1=O)Oc1cc3ccccc3cc1-2. The van der Waals surface area contributed by atoms with Gasteiger partial charge in [-0.2, -0.15) is 0 Å².